The largest absolute Gasteiger partial charge is 0.483 e. The molecule has 0 spiro atoms. The van der Waals surface area contributed by atoms with E-state index in [0.717, 1.165) is 17.7 Å². The Kier molecular flexibility index (Phi) is 6.54. The lowest BCUT2D eigenvalue weighted by molar-refractivity contribution is -0.123. The minimum Gasteiger partial charge on any atom is -0.483 e. The minimum atomic E-state index is -0.589. The summed E-state index contributed by atoms with van der Waals surface area (Å²) in [5.41, 5.74) is 7.76. The van der Waals surface area contributed by atoms with Crippen LogP contribution in [-0.4, -0.2) is 37.4 Å². The molecule has 0 atom stereocenters. The molecular weight excluding hydrogens is 318 g/mol. The van der Waals surface area contributed by atoms with Crippen molar-refractivity contribution in [1.82, 2.24) is 10.2 Å². The molecule has 2 rings (SSSR count). The van der Waals surface area contributed by atoms with Crippen molar-refractivity contribution in [2.75, 3.05) is 20.7 Å². The zero-order valence-electron chi connectivity index (χ0n) is 14.5. The summed E-state index contributed by atoms with van der Waals surface area (Å²) in [6, 6.07) is 14.5. The molecule has 0 saturated carbocycles. The highest BCUT2D eigenvalue weighted by molar-refractivity contribution is 5.95. The van der Waals surface area contributed by atoms with Gasteiger partial charge in [0.1, 0.15) is 5.75 Å². The molecule has 0 aliphatic carbocycles. The normalized spacial score (nSPS) is 10.5. The molecule has 0 fully saturated rings. The third-order valence-electron chi connectivity index (χ3n) is 3.59. The number of para-hydroxylation sites is 1. The van der Waals surface area contributed by atoms with Crippen LogP contribution in [0.2, 0.25) is 0 Å². The Morgan fingerprint density at radius 3 is 2.36 bits per heavy atom. The minimum absolute atomic E-state index is 0.180. The van der Waals surface area contributed by atoms with Gasteiger partial charge < -0.3 is 20.7 Å². The Bertz CT molecular complexity index is 744. The van der Waals surface area contributed by atoms with E-state index in [1.165, 1.54) is 0 Å². The smallest absolute Gasteiger partial charge is 0.258 e. The second-order valence-electron chi connectivity index (χ2n) is 5.93. The maximum Gasteiger partial charge on any atom is 0.258 e. The van der Waals surface area contributed by atoms with Gasteiger partial charge >= 0.3 is 0 Å². The number of nitrogens with one attached hydrogen (secondary N) is 1. The number of nitrogens with zero attached hydrogens (tertiary/aromatic N) is 1. The van der Waals surface area contributed by atoms with Gasteiger partial charge in [0.15, 0.2) is 6.61 Å². The average molecular weight is 341 g/mol. The van der Waals surface area contributed by atoms with Gasteiger partial charge in [-0.1, -0.05) is 36.4 Å². The van der Waals surface area contributed by atoms with Crippen LogP contribution in [0.25, 0.3) is 0 Å². The number of hydrogen-bond donors (Lipinski definition) is 2. The van der Waals surface area contributed by atoms with Crippen molar-refractivity contribution >= 4 is 11.8 Å². The first-order chi connectivity index (χ1) is 12.0. The van der Waals surface area contributed by atoms with Gasteiger partial charge in [-0.3, -0.25) is 9.59 Å². The molecule has 2 amide bonds. The van der Waals surface area contributed by atoms with Crippen LogP contribution in [0.15, 0.2) is 48.5 Å². The maximum absolute atomic E-state index is 12.0. The summed E-state index contributed by atoms with van der Waals surface area (Å²) in [7, 11) is 4.00. The Balaban J connectivity index is 1.91. The van der Waals surface area contributed by atoms with Crippen LogP contribution in [0.5, 0.6) is 5.75 Å². The Morgan fingerprint density at radius 2 is 1.68 bits per heavy atom. The molecule has 3 N–H and O–H groups in total. The molecule has 6 heteroatoms. The van der Waals surface area contributed by atoms with Gasteiger partial charge in [0, 0.05) is 13.1 Å². The molecular formula is C19H23N3O3. The van der Waals surface area contributed by atoms with Crippen LogP contribution in [0.3, 0.4) is 0 Å². The number of nitrogens with two attached hydrogens (primary N) is 1. The fourth-order valence-electron chi connectivity index (χ4n) is 2.41. The number of hydrogen-bond acceptors (Lipinski definition) is 4. The number of ether oxygens (including phenoxy) is 1. The molecule has 0 radical (unpaired) electrons. The number of carbonyl (C=O) groups is 2. The number of rotatable bonds is 8. The van der Waals surface area contributed by atoms with Gasteiger partial charge in [0.2, 0.25) is 0 Å². The van der Waals surface area contributed by atoms with Crippen molar-refractivity contribution < 1.29 is 14.3 Å². The second-order valence-corrected chi connectivity index (χ2v) is 5.93. The highest BCUT2D eigenvalue weighted by Gasteiger charge is 2.11. The van der Waals surface area contributed by atoms with Crippen molar-refractivity contribution in [3.8, 4) is 5.75 Å². The third kappa shape index (κ3) is 5.61. The quantitative estimate of drug-likeness (QED) is 0.763. The number of carbonyl (C=O) groups excluding carboxylic acids is 2. The van der Waals surface area contributed by atoms with E-state index in [1.807, 2.05) is 38.4 Å². The molecule has 0 unspecified atom stereocenters. The van der Waals surface area contributed by atoms with Crippen molar-refractivity contribution in [3.05, 3.63) is 65.2 Å². The van der Waals surface area contributed by atoms with Crippen molar-refractivity contribution in [1.29, 1.82) is 0 Å². The van der Waals surface area contributed by atoms with Crippen LogP contribution in [0, 0.1) is 0 Å². The number of amides is 2. The summed E-state index contributed by atoms with van der Waals surface area (Å²) in [4.78, 5) is 25.5. The SMILES string of the molecule is CN(C)Cc1ccccc1CNC(=O)COc1ccccc1C(N)=O. The molecule has 25 heavy (non-hydrogen) atoms. The first kappa shape index (κ1) is 18.5. The molecule has 0 bridgehead atoms. The van der Waals surface area contributed by atoms with E-state index < -0.39 is 5.91 Å². The van der Waals surface area contributed by atoms with Gasteiger partial charge in [-0.15, -0.1) is 0 Å². The van der Waals surface area contributed by atoms with Crippen molar-refractivity contribution in [2.45, 2.75) is 13.1 Å². The van der Waals surface area contributed by atoms with E-state index in [4.69, 9.17) is 10.5 Å². The Morgan fingerprint density at radius 1 is 1.04 bits per heavy atom. The Hall–Kier alpha value is -2.86. The van der Waals surface area contributed by atoms with Gasteiger partial charge in [-0.25, -0.2) is 0 Å². The van der Waals surface area contributed by atoms with Crippen LogP contribution in [0.4, 0.5) is 0 Å². The van der Waals surface area contributed by atoms with E-state index in [-0.39, 0.29) is 18.1 Å². The summed E-state index contributed by atoms with van der Waals surface area (Å²) < 4.78 is 5.42. The first-order valence-corrected chi connectivity index (χ1v) is 7.97. The van der Waals surface area contributed by atoms with Crippen molar-refractivity contribution in [2.24, 2.45) is 5.73 Å². The fourth-order valence-corrected chi connectivity index (χ4v) is 2.41. The molecule has 132 valence electrons. The monoisotopic (exact) mass is 341 g/mol. The molecule has 0 aliphatic rings. The molecule has 0 saturated heterocycles. The maximum atomic E-state index is 12.0. The lowest BCUT2D eigenvalue weighted by Crippen LogP contribution is -2.29. The molecule has 2 aromatic rings. The highest BCUT2D eigenvalue weighted by atomic mass is 16.5. The Labute approximate surface area is 147 Å². The van der Waals surface area contributed by atoms with E-state index >= 15 is 0 Å². The van der Waals surface area contributed by atoms with Gasteiger partial charge in [0.05, 0.1) is 5.56 Å². The van der Waals surface area contributed by atoms with E-state index in [2.05, 4.69) is 10.2 Å². The first-order valence-electron chi connectivity index (χ1n) is 7.97. The summed E-state index contributed by atoms with van der Waals surface area (Å²) >= 11 is 0. The van der Waals surface area contributed by atoms with E-state index in [1.54, 1.807) is 24.3 Å². The van der Waals surface area contributed by atoms with Gasteiger partial charge in [-0.2, -0.15) is 0 Å². The van der Waals surface area contributed by atoms with Crippen LogP contribution in [-0.2, 0) is 17.9 Å². The average Bonchev–Trinajstić information content (AvgIpc) is 2.59. The molecule has 6 nitrogen and oxygen atoms in total. The van der Waals surface area contributed by atoms with E-state index in [0.29, 0.717) is 12.3 Å². The molecule has 0 heterocycles. The second kappa shape index (κ2) is 8.84. The summed E-state index contributed by atoms with van der Waals surface area (Å²) in [5.74, 6) is -0.550. The van der Waals surface area contributed by atoms with Gasteiger partial charge in [-0.05, 0) is 37.4 Å². The number of primary amides is 1. The van der Waals surface area contributed by atoms with Crippen LogP contribution >= 0.6 is 0 Å². The number of benzene rings is 2. The zero-order chi connectivity index (χ0) is 18.2. The zero-order valence-corrected chi connectivity index (χ0v) is 14.5. The van der Waals surface area contributed by atoms with E-state index in [9.17, 15) is 9.59 Å². The predicted octanol–water partition coefficient (Wildman–Crippen LogP) is 1.54. The lowest BCUT2D eigenvalue weighted by atomic mass is 10.1. The topological polar surface area (TPSA) is 84.7 Å². The summed E-state index contributed by atoms with van der Waals surface area (Å²) in [6.07, 6.45) is 0. The van der Waals surface area contributed by atoms with Crippen LogP contribution < -0.4 is 15.8 Å². The third-order valence-corrected chi connectivity index (χ3v) is 3.59. The molecule has 0 aliphatic heterocycles. The lowest BCUT2D eigenvalue weighted by Gasteiger charge is -2.15. The summed E-state index contributed by atoms with van der Waals surface area (Å²) in [6.45, 7) is 1.04. The standard InChI is InChI=1S/C19H23N3O3/c1-22(2)12-15-8-4-3-7-14(15)11-21-18(23)13-25-17-10-6-5-9-16(17)19(20)24/h3-10H,11-13H2,1-2H3,(H2,20,24)(H,21,23). The fraction of sp³-hybridized carbons (Fsp3) is 0.263. The van der Waals surface area contributed by atoms with Gasteiger partial charge in [0.25, 0.3) is 11.8 Å². The predicted molar refractivity (Wildman–Crippen MR) is 96.1 cm³/mol. The van der Waals surface area contributed by atoms with Crippen molar-refractivity contribution in [3.63, 3.8) is 0 Å². The highest BCUT2D eigenvalue weighted by Crippen LogP contribution is 2.17. The summed E-state index contributed by atoms with van der Waals surface area (Å²) in [5, 5.41) is 2.83. The molecule has 2 aromatic carbocycles. The van der Waals surface area contributed by atoms with Crippen LogP contribution in [0.1, 0.15) is 21.5 Å². The molecule has 0 aromatic heterocycles.